The van der Waals surface area contributed by atoms with Crippen LogP contribution in [0.25, 0.3) is 0 Å². The fourth-order valence-electron chi connectivity index (χ4n) is 2.25. The first-order valence-corrected chi connectivity index (χ1v) is 8.93. The fraction of sp³-hybridized carbons (Fsp3) is 0.263. The van der Waals surface area contributed by atoms with Gasteiger partial charge in [0, 0.05) is 17.1 Å². The zero-order valence-corrected chi connectivity index (χ0v) is 16.1. The van der Waals surface area contributed by atoms with Gasteiger partial charge in [0.25, 0.3) is 5.91 Å². The van der Waals surface area contributed by atoms with Crippen LogP contribution in [-0.4, -0.2) is 18.4 Å². The Labute approximate surface area is 162 Å². The highest BCUT2D eigenvalue weighted by molar-refractivity contribution is 6.34. The predicted octanol–water partition coefficient (Wildman–Crippen LogP) is 5.06. The Balaban J connectivity index is 1.98. The number of hydrogen-bond donors (Lipinski definition) is 2. The summed E-state index contributed by atoms with van der Waals surface area (Å²) in [4.78, 5) is 23.8. The molecular formula is C19H20Cl2N2O3. The third-order valence-electron chi connectivity index (χ3n) is 3.50. The molecule has 0 fully saturated rings. The Bertz CT molecular complexity index is 809. The number of rotatable bonds is 7. The number of ether oxygens (including phenoxy) is 1. The molecule has 7 heteroatoms. The summed E-state index contributed by atoms with van der Waals surface area (Å²) in [5, 5.41) is 6.42. The molecule has 0 saturated heterocycles. The first kappa shape index (κ1) is 20.1. The number of amides is 2. The Morgan fingerprint density at radius 1 is 1.04 bits per heavy atom. The van der Waals surface area contributed by atoms with Crippen molar-refractivity contribution in [3.63, 3.8) is 0 Å². The number of carbonyl (C=O) groups excluding carboxylic acids is 2. The van der Waals surface area contributed by atoms with Gasteiger partial charge in [-0.3, -0.25) is 9.59 Å². The van der Waals surface area contributed by atoms with Gasteiger partial charge < -0.3 is 15.4 Å². The molecule has 2 N–H and O–H groups in total. The van der Waals surface area contributed by atoms with Crippen LogP contribution in [0.15, 0.2) is 36.4 Å². The summed E-state index contributed by atoms with van der Waals surface area (Å²) in [7, 11) is 0. The molecule has 0 radical (unpaired) electrons. The average Bonchev–Trinajstić information content (AvgIpc) is 2.57. The van der Waals surface area contributed by atoms with Crippen molar-refractivity contribution in [2.45, 2.75) is 26.7 Å². The zero-order chi connectivity index (χ0) is 19.1. The third-order valence-corrected chi connectivity index (χ3v) is 4.06. The molecule has 0 unspecified atom stereocenters. The Morgan fingerprint density at radius 2 is 1.81 bits per heavy atom. The Morgan fingerprint density at radius 3 is 2.50 bits per heavy atom. The molecule has 0 aromatic heterocycles. The van der Waals surface area contributed by atoms with Gasteiger partial charge in [-0.2, -0.15) is 0 Å². The van der Waals surface area contributed by atoms with Crippen molar-refractivity contribution in [1.29, 1.82) is 0 Å². The number of carbonyl (C=O) groups is 2. The van der Waals surface area contributed by atoms with Gasteiger partial charge in [0.05, 0.1) is 10.7 Å². The highest BCUT2D eigenvalue weighted by Crippen LogP contribution is 2.26. The predicted molar refractivity (Wildman–Crippen MR) is 105 cm³/mol. The van der Waals surface area contributed by atoms with Gasteiger partial charge in [-0.15, -0.1) is 0 Å². The SMILES string of the molecule is CCCC(=O)Nc1ccc(Cl)c(NC(=O)COc2ccc(Cl)cc2C)c1. The number of benzene rings is 2. The van der Waals surface area contributed by atoms with Gasteiger partial charge in [-0.25, -0.2) is 0 Å². The summed E-state index contributed by atoms with van der Waals surface area (Å²) in [6.45, 7) is 3.60. The van der Waals surface area contributed by atoms with Crippen molar-refractivity contribution in [2.75, 3.05) is 17.2 Å². The van der Waals surface area contributed by atoms with Gasteiger partial charge in [0.15, 0.2) is 6.61 Å². The molecule has 2 aromatic rings. The molecule has 5 nitrogen and oxygen atoms in total. The monoisotopic (exact) mass is 394 g/mol. The minimum atomic E-state index is -0.363. The molecule has 0 saturated carbocycles. The quantitative estimate of drug-likeness (QED) is 0.689. The van der Waals surface area contributed by atoms with Crippen LogP contribution in [0.2, 0.25) is 10.0 Å². The lowest BCUT2D eigenvalue weighted by Gasteiger charge is -2.12. The molecule has 0 spiro atoms. The smallest absolute Gasteiger partial charge is 0.262 e. The lowest BCUT2D eigenvalue weighted by Crippen LogP contribution is -2.21. The first-order chi connectivity index (χ1) is 12.4. The Hall–Kier alpha value is -2.24. The van der Waals surface area contributed by atoms with E-state index in [2.05, 4.69) is 10.6 Å². The summed E-state index contributed by atoms with van der Waals surface area (Å²) >= 11 is 12.0. The van der Waals surface area contributed by atoms with E-state index >= 15 is 0 Å². The molecule has 0 bridgehead atoms. The van der Waals surface area contributed by atoms with Crippen molar-refractivity contribution in [3.05, 3.63) is 52.0 Å². The minimum Gasteiger partial charge on any atom is -0.483 e. The lowest BCUT2D eigenvalue weighted by molar-refractivity contribution is -0.118. The molecule has 0 aliphatic rings. The molecule has 0 heterocycles. The van der Waals surface area contributed by atoms with Gasteiger partial charge in [0.1, 0.15) is 5.75 Å². The molecule has 26 heavy (non-hydrogen) atoms. The molecule has 2 amide bonds. The van der Waals surface area contributed by atoms with Crippen LogP contribution in [0.3, 0.4) is 0 Å². The van der Waals surface area contributed by atoms with Crippen molar-refractivity contribution in [3.8, 4) is 5.75 Å². The topological polar surface area (TPSA) is 67.4 Å². The minimum absolute atomic E-state index is 0.0892. The van der Waals surface area contributed by atoms with Crippen molar-refractivity contribution in [1.82, 2.24) is 0 Å². The largest absolute Gasteiger partial charge is 0.483 e. The summed E-state index contributed by atoms with van der Waals surface area (Å²) in [5.41, 5.74) is 1.81. The van der Waals surface area contributed by atoms with E-state index < -0.39 is 0 Å². The van der Waals surface area contributed by atoms with E-state index in [0.717, 1.165) is 12.0 Å². The normalized spacial score (nSPS) is 10.3. The maximum atomic E-state index is 12.1. The molecule has 0 aliphatic heterocycles. The fourth-order valence-corrected chi connectivity index (χ4v) is 2.65. The number of aryl methyl sites for hydroxylation is 1. The van der Waals surface area contributed by atoms with Gasteiger partial charge in [-0.05, 0) is 55.3 Å². The van der Waals surface area contributed by atoms with Crippen LogP contribution >= 0.6 is 23.2 Å². The van der Waals surface area contributed by atoms with Crippen molar-refractivity contribution in [2.24, 2.45) is 0 Å². The number of anilines is 2. The van der Waals surface area contributed by atoms with E-state index in [-0.39, 0.29) is 18.4 Å². The van der Waals surface area contributed by atoms with Crippen molar-refractivity contribution >= 4 is 46.4 Å². The van der Waals surface area contributed by atoms with Gasteiger partial charge >= 0.3 is 0 Å². The molecule has 0 aliphatic carbocycles. The number of hydrogen-bond acceptors (Lipinski definition) is 3. The van der Waals surface area contributed by atoms with Crippen LogP contribution in [0.1, 0.15) is 25.3 Å². The maximum absolute atomic E-state index is 12.1. The van der Waals surface area contributed by atoms with Gasteiger partial charge in [0.2, 0.25) is 5.91 Å². The highest BCUT2D eigenvalue weighted by Gasteiger charge is 2.10. The second kappa shape index (κ2) is 9.46. The summed E-state index contributed by atoms with van der Waals surface area (Å²) in [6, 6.07) is 10.1. The standard InChI is InChI=1S/C19H20Cl2N2O3/c1-3-4-18(24)22-14-6-7-15(21)16(10-14)23-19(25)11-26-17-8-5-13(20)9-12(17)2/h5-10H,3-4,11H2,1-2H3,(H,22,24)(H,23,25). The molecule has 138 valence electrons. The maximum Gasteiger partial charge on any atom is 0.262 e. The van der Waals surface area contributed by atoms with E-state index in [9.17, 15) is 9.59 Å². The summed E-state index contributed by atoms with van der Waals surface area (Å²) in [6.07, 6.45) is 1.18. The number of halogens is 2. The van der Waals surface area contributed by atoms with E-state index in [4.69, 9.17) is 27.9 Å². The van der Waals surface area contributed by atoms with E-state index in [0.29, 0.717) is 33.6 Å². The number of nitrogens with one attached hydrogen (secondary N) is 2. The summed E-state index contributed by atoms with van der Waals surface area (Å²) < 4.78 is 5.51. The summed E-state index contributed by atoms with van der Waals surface area (Å²) in [5.74, 6) is 0.128. The molecule has 2 aromatic carbocycles. The van der Waals surface area contributed by atoms with Gasteiger partial charge in [-0.1, -0.05) is 30.1 Å². The molecular weight excluding hydrogens is 375 g/mol. The third kappa shape index (κ3) is 5.93. The van der Waals surface area contributed by atoms with Crippen LogP contribution in [0.4, 0.5) is 11.4 Å². The second-order valence-corrected chi connectivity index (χ2v) is 6.58. The van der Waals surface area contributed by atoms with E-state index in [1.54, 1.807) is 36.4 Å². The highest BCUT2D eigenvalue weighted by atomic mass is 35.5. The van der Waals surface area contributed by atoms with Crippen LogP contribution in [0.5, 0.6) is 5.75 Å². The second-order valence-electron chi connectivity index (χ2n) is 5.74. The Kier molecular flexibility index (Phi) is 7.30. The van der Waals surface area contributed by atoms with Crippen LogP contribution in [0, 0.1) is 6.92 Å². The van der Waals surface area contributed by atoms with E-state index in [1.807, 2.05) is 13.8 Å². The van der Waals surface area contributed by atoms with Crippen LogP contribution in [-0.2, 0) is 9.59 Å². The van der Waals surface area contributed by atoms with Crippen molar-refractivity contribution < 1.29 is 14.3 Å². The lowest BCUT2D eigenvalue weighted by atomic mass is 10.2. The molecule has 0 atom stereocenters. The zero-order valence-electron chi connectivity index (χ0n) is 14.6. The first-order valence-electron chi connectivity index (χ1n) is 8.17. The van der Waals surface area contributed by atoms with E-state index in [1.165, 1.54) is 0 Å². The average molecular weight is 395 g/mol. The van der Waals surface area contributed by atoms with Crippen LogP contribution < -0.4 is 15.4 Å². The molecule has 2 rings (SSSR count).